The van der Waals surface area contributed by atoms with Crippen molar-refractivity contribution in [2.75, 3.05) is 13.1 Å². The van der Waals surface area contributed by atoms with E-state index < -0.39 is 15.6 Å². The maximum atomic E-state index is 12.7. The SMILES string of the molecule is CCN(C(CC)(CC)CN)S(=O)(=O)c1cnc(C)[nH]1. The van der Waals surface area contributed by atoms with Crippen LogP contribution < -0.4 is 5.73 Å². The van der Waals surface area contributed by atoms with E-state index in [1.807, 2.05) is 20.8 Å². The first kappa shape index (κ1) is 16.1. The highest BCUT2D eigenvalue weighted by atomic mass is 32.2. The van der Waals surface area contributed by atoms with Crippen molar-refractivity contribution in [1.82, 2.24) is 14.3 Å². The average Bonchev–Trinajstić information content (AvgIpc) is 2.83. The minimum atomic E-state index is -3.59. The average molecular weight is 288 g/mol. The number of nitrogens with one attached hydrogen (secondary N) is 1. The first-order valence-corrected chi connectivity index (χ1v) is 8.06. The molecule has 0 aromatic carbocycles. The normalized spacial score (nSPS) is 13.2. The summed E-state index contributed by atoms with van der Waals surface area (Å²) >= 11 is 0. The van der Waals surface area contributed by atoms with Crippen LogP contribution in [0.1, 0.15) is 39.4 Å². The van der Waals surface area contributed by atoms with E-state index in [1.165, 1.54) is 10.5 Å². The third kappa shape index (κ3) is 2.82. The zero-order valence-corrected chi connectivity index (χ0v) is 12.9. The van der Waals surface area contributed by atoms with Gasteiger partial charge in [-0.1, -0.05) is 20.8 Å². The topological polar surface area (TPSA) is 92.1 Å². The number of likely N-dealkylation sites (N-methyl/N-ethyl adjacent to an activating group) is 1. The number of H-pyrrole nitrogens is 1. The molecular formula is C12H24N4O2S. The van der Waals surface area contributed by atoms with Crippen LogP contribution in [0.15, 0.2) is 11.2 Å². The highest BCUT2D eigenvalue weighted by molar-refractivity contribution is 7.89. The van der Waals surface area contributed by atoms with Crippen LogP contribution in [0.3, 0.4) is 0 Å². The first-order chi connectivity index (χ1) is 8.87. The minimum Gasteiger partial charge on any atom is -0.332 e. The van der Waals surface area contributed by atoms with E-state index in [9.17, 15) is 8.42 Å². The molecule has 6 nitrogen and oxygen atoms in total. The molecule has 0 saturated carbocycles. The Balaban J connectivity index is 3.29. The Morgan fingerprint density at radius 2 is 1.95 bits per heavy atom. The number of aryl methyl sites for hydroxylation is 1. The number of nitrogens with two attached hydrogens (primary N) is 1. The number of hydrogen-bond donors (Lipinski definition) is 2. The minimum absolute atomic E-state index is 0.131. The summed E-state index contributed by atoms with van der Waals surface area (Å²) in [6.45, 7) is 8.18. The van der Waals surface area contributed by atoms with Gasteiger partial charge in [0.2, 0.25) is 0 Å². The van der Waals surface area contributed by atoms with Crippen molar-refractivity contribution in [3.05, 3.63) is 12.0 Å². The van der Waals surface area contributed by atoms with Crippen molar-refractivity contribution in [3.63, 3.8) is 0 Å². The van der Waals surface area contributed by atoms with Gasteiger partial charge in [0.15, 0.2) is 5.03 Å². The highest BCUT2D eigenvalue weighted by Crippen LogP contribution is 2.28. The Hall–Kier alpha value is -0.920. The van der Waals surface area contributed by atoms with E-state index >= 15 is 0 Å². The van der Waals surface area contributed by atoms with Gasteiger partial charge in [0, 0.05) is 18.6 Å². The van der Waals surface area contributed by atoms with Crippen molar-refractivity contribution < 1.29 is 8.42 Å². The van der Waals surface area contributed by atoms with Gasteiger partial charge in [-0.2, -0.15) is 4.31 Å². The van der Waals surface area contributed by atoms with Gasteiger partial charge in [0.1, 0.15) is 5.82 Å². The van der Waals surface area contributed by atoms with Crippen LogP contribution in [0.5, 0.6) is 0 Å². The van der Waals surface area contributed by atoms with Gasteiger partial charge < -0.3 is 10.7 Å². The summed E-state index contributed by atoms with van der Waals surface area (Å²) in [5, 5.41) is 0.131. The summed E-state index contributed by atoms with van der Waals surface area (Å²) in [6, 6.07) is 0. The van der Waals surface area contributed by atoms with Crippen LogP contribution in [0, 0.1) is 6.92 Å². The van der Waals surface area contributed by atoms with Crippen LogP contribution in [-0.4, -0.2) is 41.3 Å². The lowest BCUT2D eigenvalue weighted by molar-refractivity contribution is 0.184. The second-order valence-corrected chi connectivity index (χ2v) is 6.47. The van der Waals surface area contributed by atoms with E-state index in [2.05, 4.69) is 9.97 Å². The van der Waals surface area contributed by atoms with Gasteiger partial charge >= 0.3 is 0 Å². The second kappa shape index (κ2) is 6.02. The molecule has 0 atom stereocenters. The molecule has 1 aromatic heterocycles. The van der Waals surface area contributed by atoms with Gasteiger partial charge in [-0.25, -0.2) is 13.4 Å². The van der Waals surface area contributed by atoms with Gasteiger partial charge in [-0.15, -0.1) is 0 Å². The Bertz CT molecular complexity index is 497. The molecule has 0 bridgehead atoms. The molecule has 0 saturated heterocycles. The molecule has 0 radical (unpaired) electrons. The van der Waals surface area contributed by atoms with Crippen molar-refractivity contribution >= 4 is 10.0 Å². The molecule has 7 heteroatoms. The van der Waals surface area contributed by atoms with Crippen LogP contribution in [0.25, 0.3) is 0 Å². The molecule has 3 N–H and O–H groups in total. The fourth-order valence-corrected chi connectivity index (χ4v) is 4.28. The van der Waals surface area contributed by atoms with Crippen molar-refractivity contribution in [2.45, 2.75) is 51.1 Å². The lowest BCUT2D eigenvalue weighted by Crippen LogP contribution is -2.55. The van der Waals surface area contributed by atoms with Crippen molar-refractivity contribution in [3.8, 4) is 0 Å². The lowest BCUT2D eigenvalue weighted by atomic mass is 9.93. The number of imidazole rings is 1. The first-order valence-electron chi connectivity index (χ1n) is 6.62. The van der Waals surface area contributed by atoms with Gasteiger partial charge in [0.05, 0.1) is 6.20 Å². The van der Waals surface area contributed by atoms with Crippen LogP contribution in [0.4, 0.5) is 0 Å². The maximum Gasteiger partial charge on any atom is 0.260 e. The molecule has 0 aliphatic heterocycles. The Kier molecular flexibility index (Phi) is 5.11. The molecule has 0 spiro atoms. The number of hydrogen-bond acceptors (Lipinski definition) is 4. The summed E-state index contributed by atoms with van der Waals surface area (Å²) in [7, 11) is -3.59. The molecule has 1 heterocycles. The summed E-state index contributed by atoms with van der Waals surface area (Å²) in [4.78, 5) is 6.76. The Labute approximate surface area is 115 Å². The maximum absolute atomic E-state index is 12.7. The van der Waals surface area contributed by atoms with Gasteiger partial charge in [-0.3, -0.25) is 0 Å². The van der Waals surface area contributed by atoms with Crippen molar-refractivity contribution in [2.24, 2.45) is 5.73 Å². The molecule has 0 aliphatic rings. The van der Waals surface area contributed by atoms with E-state index in [1.54, 1.807) is 6.92 Å². The van der Waals surface area contributed by atoms with Crippen LogP contribution >= 0.6 is 0 Å². The van der Waals surface area contributed by atoms with Crippen LogP contribution in [0.2, 0.25) is 0 Å². The number of aromatic amines is 1. The number of sulfonamides is 1. The standard InChI is InChI=1S/C12H24N4O2S/c1-5-12(6-2,9-13)16(7-3)19(17,18)11-8-14-10(4)15-11/h8H,5-7,9,13H2,1-4H3,(H,14,15). The lowest BCUT2D eigenvalue weighted by Gasteiger charge is -2.40. The van der Waals surface area contributed by atoms with E-state index in [0.29, 0.717) is 31.8 Å². The fourth-order valence-electron chi connectivity index (χ4n) is 2.40. The molecule has 1 aromatic rings. The number of rotatable bonds is 7. The van der Waals surface area contributed by atoms with E-state index in [-0.39, 0.29) is 5.03 Å². The molecular weight excluding hydrogens is 264 g/mol. The van der Waals surface area contributed by atoms with Gasteiger partial charge in [-0.05, 0) is 19.8 Å². The summed E-state index contributed by atoms with van der Waals surface area (Å²) < 4.78 is 26.9. The molecule has 0 unspecified atom stereocenters. The predicted molar refractivity (Wildman–Crippen MR) is 75.3 cm³/mol. The zero-order valence-electron chi connectivity index (χ0n) is 12.1. The summed E-state index contributed by atoms with van der Waals surface area (Å²) in [5.74, 6) is 0.584. The zero-order chi connectivity index (χ0) is 14.7. The smallest absolute Gasteiger partial charge is 0.260 e. The molecule has 19 heavy (non-hydrogen) atoms. The molecule has 0 aliphatic carbocycles. The monoisotopic (exact) mass is 288 g/mol. The summed E-state index contributed by atoms with van der Waals surface area (Å²) in [6.07, 6.45) is 2.72. The van der Waals surface area contributed by atoms with Gasteiger partial charge in [0.25, 0.3) is 10.0 Å². The quantitative estimate of drug-likeness (QED) is 0.789. The summed E-state index contributed by atoms with van der Waals surface area (Å²) in [5.41, 5.74) is 5.32. The Morgan fingerprint density at radius 3 is 2.26 bits per heavy atom. The molecule has 110 valence electrons. The Morgan fingerprint density at radius 1 is 1.37 bits per heavy atom. The highest BCUT2D eigenvalue weighted by Gasteiger charge is 2.40. The largest absolute Gasteiger partial charge is 0.332 e. The molecule has 0 fully saturated rings. The van der Waals surface area contributed by atoms with Crippen LogP contribution in [-0.2, 0) is 10.0 Å². The third-order valence-electron chi connectivity index (χ3n) is 3.76. The van der Waals surface area contributed by atoms with E-state index in [4.69, 9.17) is 5.73 Å². The number of aromatic nitrogens is 2. The second-order valence-electron chi connectivity index (χ2n) is 4.64. The number of nitrogens with zero attached hydrogens (tertiary/aromatic N) is 2. The molecule has 0 amide bonds. The van der Waals surface area contributed by atoms with E-state index in [0.717, 1.165) is 0 Å². The third-order valence-corrected chi connectivity index (χ3v) is 5.75. The fraction of sp³-hybridized carbons (Fsp3) is 0.750. The van der Waals surface area contributed by atoms with Crippen molar-refractivity contribution in [1.29, 1.82) is 0 Å². The molecule has 1 rings (SSSR count). The predicted octanol–water partition coefficient (Wildman–Crippen LogP) is 1.25.